The molecule has 2 fully saturated rings. The fourth-order valence-electron chi connectivity index (χ4n) is 4.59. The van der Waals surface area contributed by atoms with Gasteiger partial charge in [-0.05, 0) is 51.4 Å². The first kappa shape index (κ1) is 17.2. The smallest absolute Gasteiger partial charge is 0.254 e. The standard InChI is InChI=1S/C19H29N3O2/c1-12-17(19(24)21-13(2)20-12)9-10-18(23)22-16-8-7-14-5-3-4-6-15(14)11-16/h14-16H,3-11H2,1-2H3,(H,22,23)(H,20,21,24). The third-order valence-electron chi connectivity index (χ3n) is 5.85. The van der Waals surface area contributed by atoms with Crippen molar-refractivity contribution in [1.82, 2.24) is 15.3 Å². The van der Waals surface area contributed by atoms with E-state index in [-0.39, 0.29) is 11.5 Å². The van der Waals surface area contributed by atoms with Gasteiger partial charge in [-0.15, -0.1) is 0 Å². The van der Waals surface area contributed by atoms with Crippen molar-refractivity contribution in [2.45, 2.75) is 77.7 Å². The molecule has 0 spiro atoms. The number of hydrogen-bond acceptors (Lipinski definition) is 3. The van der Waals surface area contributed by atoms with Crippen LogP contribution in [-0.4, -0.2) is 21.9 Å². The Morgan fingerprint density at radius 1 is 1.17 bits per heavy atom. The number of H-pyrrole nitrogens is 1. The molecule has 132 valence electrons. The van der Waals surface area contributed by atoms with Crippen LogP contribution in [0, 0.1) is 25.7 Å². The molecule has 1 aromatic rings. The van der Waals surface area contributed by atoms with E-state index in [1.165, 1.54) is 32.1 Å². The first-order chi connectivity index (χ1) is 11.5. The molecular formula is C19H29N3O2. The molecule has 5 nitrogen and oxygen atoms in total. The lowest BCUT2D eigenvalue weighted by Gasteiger charge is -2.39. The summed E-state index contributed by atoms with van der Waals surface area (Å²) in [4.78, 5) is 31.3. The van der Waals surface area contributed by atoms with Crippen LogP contribution < -0.4 is 10.9 Å². The van der Waals surface area contributed by atoms with Crippen LogP contribution in [-0.2, 0) is 11.2 Å². The molecule has 3 atom stereocenters. The van der Waals surface area contributed by atoms with E-state index in [0.717, 1.165) is 30.4 Å². The first-order valence-corrected chi connectivity index (χ1v) is 9.38. The van der Waals surface area contributed by atoms with Crippen molar-refractivity contribution in [2.24, 2.45) is 11.8 Å². The Morgan fingerprint density at radius 3 is 2.67 bits per heavy atom. The lowest BCUT2D eigenvalue weighted by Crippen LogP contribution is -2.41. The largest absolute Gasteiger partial charge is 0.353 e. The molecule has 3 unspecified atom stereocenters. The number of aryl methyl sites for hydroxylation is 2. The molecular weight excluding hydrogens is 302 g/mol. The van der Waals surface area contributed by atoms with Gasteiger partial charge in [0.25, 0.3) is 5.56 Å². The van der Waals surface area contributed by atoms with Gasteiger partial charge in [-0.1, -0.05) is 25.7 Å². The van der Waals surface area contributed by atoms with Gasteiger partial charge < -0.3 is 10.3 Å². The Labute approximate surface area is 143 Å². The van der Waals surface area contributed by atoms with Gasteiger partial charge in [0.15, 0.2) is 0 Å². The predicted molar refractivity (Wildman–Crippen MR) is 93.9 cm³/mol. The summed E-state index contributed by atoms with van der Waals surface area (Å²) in [6.07, 6.45) is 9.78. The zero-order valence-corrected chi connectivity index (χ0v) is 14.9. The molecule has 2 N–H and O–H groups in total. The second-order valence-electron chi connectivity index (χ2n) is 7.60. The molecule has 1 heterocycles. The third-order valence-corrected chi connectivity index (χ3v) is 5.85. The Balaban J connectivity index is 1.50. The Bertz CT molecular complexity index is 653. The molecule has 5 heteroatoms. The number of carbonyl (C=O) groups is 1. The molecule has 1 aromatic heterocycles. The van der Waals surface area contributed by atoms with E-state index >= 15 is 0 Å². The fraction of sp³-hybridized carbons (Fsp3) is 0.737. The molecule has 24 heavy (non-hydrogen) atoms. The van der Waals surface area contributed by atoms with Gasteiger partial charge in [-0.25, -0.2) is 4.98 Å². The number of fused-ring (bicyclic) bond motifs is 1. The lowest BCUT2D eigenvalue weighted by atomic mass is 9.69. The average Bonchev–Trinajstić information content (AvgIpc) is 2.53. The summed E-state index contributed by atoms with van der Waals surface area (Å²) < 4.78 is 0. The molecule has 0 bridgehead atoms. The fourth-order valence-corrected chi connectivity index (χ4v) is 4.59. The van der Waals surface area contributed by atoms with Gasteiger partial charge in [0.2, 0.25) is 5.91 Å². The molecule has 3 rings (SSSR count). The molecule has 0 radical (unpaired) electrons. The molecule has 0 saturated heterocycles. The van der Waals surface area contributed by atoms with E-state index in [2.05, 4.69) is 15.3 Å². The van der Waals surface area contributed by atoms with Gasteiger partial charge >= 0.3 is 0 Å². The van der Waals surface area contributed by atoms with E-state index < -0.39 is 0 Å². The highest BCUT2D eigenvalue weighted by molar-refractivity contribution is 5.76. The minimum Gasteiger partial charge on any atom is -0.353 e. The van der Waals surface area contributed by atoms with Gasteiger partial charge in [0.05, 0.1) is 0 Å². The number of nitrogens with zero attached hydrogens (tertiary/aromatic N) is 1. The van der Waals surface area contributed by atoms with Crippen LogP contribution in [0.5, 0.6) is 0 Å². The van der Waals surface area contributed by atoms with Crippen molar-refractivity contribution < 1.29 is 4.79 Å². The van der Waals surface area contributed by atoms with Gasteiger partial charge in [0, 0.05) is 23.7 Å². The van der Waals surface area contributed by atoms with E-state index in [1.807, 2.05) is 6.92 Å². The van der Waals surface area contributed by atoms with Gasteiger partial charge in [-0.3, -0.25) is 9.59 Å². The van der Waals surface area contributed by atoms with Crippen LogP contribution in [0.3, 0.4) is 0 Å². The maximum absolute atomic E-state index is 12.3. The Hall–Kier alpha value is -1.65. The lowest BCUT2D eigenvalue weighted by molar-refractivity contribution is -0.122. The summed E-state index contributed by atoms with van der Waals surface area (Å²) in [5.74, 6) is 2.39. The first-order valence-electron chi connectivity index (χ1n) is 9.38. The van der Waals surface area contributed by atoms with Gasteiger partial charge in [-0.2, -0.15) is 0 Å². The maximum Gasteiger partial charge on any atom is 0.254 e. The summed E-state index contributed by atoms with van der Waals surface area (Å²) in [5.41, 5.74) is 1.24. The number of aromatic nitrogens is 2. The summed E-state index contributed by atoms with van der Waals surface area (Å²) >= 11 is 0. The van der Waals surface area contributed by atoms with E-state index in [4.69, 9.17) is 0 Å². The summed E-state index contributed by atoms with van der Waals surface area (Å²) in [7, 11) is 0. The zero-order chi connectivity index (χ0) is 17.1. The van der Waals surface area contributed by atoms with E-state index in [0.29, 0.717) is 30.3 Å². The second-order valence-corrected chi connectivity index (χ2v) is 7.60. The summed E-state index contributed by atoms with van der Waals surface area (Å²) in [6, 6.07) is 0.326. The number of aromatic amines is 1. The van der Waals surface area contributed by atoms with Gasteiger partial charge in [0.1, 0.15) is 5.82 Å². The molecule has 2 saturated carbocycles. The van der Waals surface area contributed by atoms with Crippen molar-refractivity contribution in [1.29, 1.82) is 0 Å². The Morgan fingerprint density at radius 2 is 1.92 bits per heavy atom. The molecule has 2 aliphatic carbocycles. The molecule has 2 aliphatic rings. The van der Waals surface area contributed by atoms with Crippen LogP contribution >= 0.6 is 0 Å². The van der Waals surface area contributed by atoms with Crippen LogP contribution in [0.2, 0.25) is 0 Å². The second kappa shape index (κ2) is 7.49. The van der Waals surface area contributed by atoms with Crippen LogP contribution in [0.25, 0.3) is 0 Å². The highest BCUT2D eigenvalue weighted by Gasteiger charge is 2.32. The molecule has 0 aliphatic heterocycles. The number of hydrogen-bond donors (Lipinski definition) is 2. The average molecular weight is 331 g/mol. The number of nitrogens with one attached hydrogen (secondary N) is 2. The quantitative estimate of drug-likeness (QED) is 0.891. The van der Waals surface area contributed by atoms with Crippen LogP contribution in [0.4, 0.5) is 0 Å². The topological polar surface area (TPSA) is 74.8 Å². The zero-order valence-electron chi connectivity index (χ0n) is 14.9. The Kier molecular flexibility index (Phi) is 5.36. The van der Waals surface area contributed by atoms with E-state index in [1.54, 1.807) is 6.92 Å². The SMILES string of the molecule is Cc1nc(C)c(CCC(=O)NC2CCC3CCCCC3C2)c(=O)[nH]1. The highest BCUT2D eigenvalue weighted by Crippen LogP contribution is 2.40. The number of carbonyl (C=O) groups excluding carboxylic acids is 1. The maximum atomic E-state index is 12.3. The van der Waals surface area contributed by atoms with Crippen molar-refractivity contribution >= 4 is 5.91 Å². The number of amides is 1. The van der Waals surface area contributed by atoms with Crippen molar-refractivity contribution in [2.75, 3.05) is 0 Å². The predicted octanol–water partition coefficient (Wildman–Crippen LogP) is 2.79. The van der Waals surface area contributed by atoms with Crippen LogP contribution in [0.1, 0.15) is 68.4 Å². The minimum absolute atomic E-state index is 0.0636. The minimum atomic E-state index is -0.115. The monoisotopic (exact) mass is 331 g/mol. The third kappa shape index (κ3) is 4.05. The van der Waals surface area contributed by atoms with E-state index in [9.17, 15) is 9.59 Å². The summed E-state index contributed by atoms with van der Waals surface area (Å²) in [5, 5.41) is 3.20. The molecule has 0 aromatic carbocycles. The number of rotatable bonds is 4. The summed E-state index contributed by atoms with van der Waals surface area (Å²) in [6.45, 7) is 3.60. The van der Waals surface area contributed by atoms with Crippen LogP contribution in [0.15, 0.2) is 4.79 Å². The normalized spacial score (nSPS) is 26.7. The molecule has 1 amide bonds. The highest BCUT2D eigenvalue weighted by atomic mass is 16.1. The van der Waals surface area contributed by atoms with Crippen molar-refractivity contribution in [3.05, 3.63) is 27.4 Å². The van der Waals surface area contributed by atoms with Crippen molar-refractivity contribution in [3.8, 4) is 0 Å². The van der Waals surface area contributed by atoms with Crippen molar-refractivity contribution in [3.63, 3.8) is 0 Å².